The number of benzene rings is 2. The Labute approximate surface area is 242 Å². The van der Waals surface area contributed by atoms with E-state index in [9.17, 15) is 14.4 Å². The van der Waals surface area contributed by atoms with Gasteiger partial charge >= 0.3 is 5.97 Å². The minimum absolute atomic E-state index is 0.00505. The molecule has 4 aliphatic rings. The topological polar surface area (TPSA) is 76.2 Å². The van der Waals surface area contributed by atoms with Crippen LogP contribution in [0, 0.1) is 16.7 Å². The van der Waals surface area contributed by atoms with E-state index < -0.39 is 11.9 Å². The maximum absolute atomic E-state index is 13.6. The summed E-state index contributed by atoms with van der Waals surface area (Å²) < 4.78 is 12.7. The van der Waals surface area contributed by atoms with E-state index in [0.717, 1.165) is 63.1 Å². The van der Waals surface area contributed by atoms with Crippen LogP contribution in [-0.2, 0) is 25.5 Å². The number of hydrogen-bond acceptors (Lipinski definition) is 6. The SMILES string of the molecule is CC1CC(=O)N(c2ccccc2C(=O)OC[C@@]23CCC[C@]4(CC=CCO[C@@H]42)CN(CCCc2ccccc2)C3)C1=O. The quantitative estimate of drug-likeness (QED) is 0.253. The van der Waals surface area contributed by atoms with Gasteiger partial charge in [-0.1, -0.05) is 68.0 Å². The maximum atomic E-state index is 13.6. The molecule has 216 valence electrons. The zero-order valence-electron chi connectivity index (χ0n) is 23.9. The molecule has 6 rings (SSSR count). The average molecular weight is 557 g/mol. The summed E-state index contributed by atoms with van der Waals surface area (Å²) in [5.74, 6) is -1.45. The number of esters is 1. The largest absolute Gasteiger partial charge is 0.461 e. The first-order chi connectivity index (χ1) is 19.9. The number of aryl methyl sites for hydroxylation is 1. The molecule has 7 heteroatoms. The molecule has 2 aromatic carbocycles. The molecular weight excluding hydrogens is 516 g/mol. The highest BCUT2D eigenvalue weighted by Gasteiger charge is 2.59. The molecule has 2 aromatic rings. The van der Waals surface area contributed by atoms with Gasteiger partial charge in [-0.15, -0.1) is 0 Å². The van der Waals surface area contributed by atoms with Crippen LogP contribution in [0.25, 0.3) is 0 Å². The van der Waals surface area contributed by atoms with Crippen molar-refractivity contribution in [1.29, 1.82) is 0 Å². The number of amides is 2. The molecule has 0 spiro atoms. The number of likely N-dealkylation sites (tertiary alicyclic amines) is 1. The normalized spacial score (nSPS) is 29.7. The van der Waals surface area contributed by atoms with E-state index in [-0.39, 0.29) is 47.3 Å². The number of hydrogen-bond donors (Lipinski definition) is 0. The van der Waals surface area contributed by atoms with Gasteiger partial charge in [-0.25, -0.2) is 9.69 Å². The van der Waals surface area contributed by atoms with Crippen LogP contribution in [0.1, 0.15) is 61.4 Å². The van der Waals surface area contributed by atoms with Gasteiger partial charge in [0.05, 0.1) is 24.0 Å². The van der Waals surface area contributed by atoms with Gasteiger partial charge in [0.2, 0.25) is 11.8 Å². The van der Waals surface area contributed by atoms with E-state index >= 15 is 0 Å². The van der Waals surface area contributed by atoms with Crippen LogP contribution in [0.5, 0.6) is 0 Å². The van der Waals surface area contributed by atoms with Crippen LogP contribution in [-0.4, -0.2) is 61.6 Å². The summed E-state index contributed by atoms with van der Waals surface area (Å²) in [4.78, 5) is 42.8. The van der Waals surface area contributed by atoms with Gasteiger partial charge in [-0.3, -0.25) is 9.59 Å². The molecule has 41 heavy (non-hydrogen) atoms. The van der Waals surface area contributed by atoms with Crippen molar-refractivity contribution < 1.29 is 23.9 Å². The number of carbonyl (C=O) groups is 3. The number of nitrogens with zero attached hydrogens (tertiary/aromatic N) is 2. The summed E-state index contributed by atoms with van der Waals surface area (Å²) in [6, 6.07) is 17.4. The highest BCUT2D eigenvalue weighted by molar-refractivity contribution is 6.22. The predicted molar refractivity (Wildman–Crippen MR) is 156 cm³/mol. The summed E-state index contributed by atoms with van der Waals surface area (Å²) in [5, 5.41) is 0. The molecule has 1 saturated carbocycles. The molecule has 0 radical (unpaired) electrons. The Morgan fingerprint density at radius 2 is 1.83 bits per heavy atom. The minimum atomic E-state index is -0.501. The molecule has 2 bridgehead atoms. The Balaban J connectivity index is 1.21. The highest BCUT2D eigenvalue weighted by atomic mass is 16.5. The van der Waals surface area contributed by atoms with Crippen LogP contribution < -0.4 is 4.90 Å². The van der Waals surface area contributed by atoms with Gasteiger partial charge in [0.25, 0.3) is 0 Å². The van der Waals surface area contributed by atoms with Crippen molar-refractivity contribution >= 4 is 23.5 Å². The van der Waals surface area contributed by atoms with Crippen molar-refractivity contribution in [3.63, 3.8) is 0 Å². The highest BCUT2D eigenvalue weighted by Crippen LogP contribution is 2.55. The fourth-order valence-electron chi connectivity index (χ4n) is 7.81. The number of ether oxygens (including phenoxy) is 2. The molecule has 0 aromatic heterocycles. The average Bonchev–Trinajstić information content (AvgIpc) is 3.11. The maximum Gasteiger partial charge on any atom is 0.340 e. The predicted octanol–water partition coefficient (Wildman–Crippen LogP) is 5.19. The summed E-state index contributed by atoms with van der Waals surface area (Å²) in [6.07, 6.45) is 10.8. The number of rotatable bonds is 8. The minimum Gasteiger partial charge on any atom is -0.461 e. The standard InChI is InChI=1S/C34H40N2O5/c1-25-21-29(37)36(30(25)38)28-15-6-5-14-27(28)31(39)41-24-34-18-10-17-33(16-7-8-20-40-32(33)34)22-35(23-34)19-9-13-26-11-3-2-4-12-26/h2-8,11-12,14-15,25,32H,9-10,13,16-24H2,1H3/t25?,32-,33+,34-/m0/s1. The van der Waals surface area contributed by atoms with E-state index in [0.29, 0.717) is 12.3 Å². The summed E-state index contributed by atoms with van der Waals surface area (Å²) in [7, 11) is 0. The van der Waals surface area contributed by atoms with Gasteiger partial charge in [0.1, 0.15) is 6.61 Å². The van der Waals surface area contributed by atoms with E-state index in [4.69, 9.17) is 9.47 Å². The molecule has 7 nitrogen and oxygen atoms in total. The second kappa shape index (κ2) is 11.5. The molecule has 4 atom stereocenters. The summed E-state index contributed by atoms with van der Waals surface area (Å²) in [6.45, 7) is 5.38. The third-order valence-corrected chi connectivity index (χ3v) is 9.60. The fraction of sp³-hybridized carbons (Fsp3) is 0.500. The lowest BCUT2D eigenvalue weighted by Crippen LogP contribution is -2.66. The number of carbonyl (C=O) groups excluding carboxylic acids is 3. The van der Waals surface area contributed by atoms with Crippen LogP contribution in [0.15, 0.2) is 66.7 Å². The van der Waals surface area contributed by atoms with Gasteiger partial charge in [0.15, 0.2) is 0 Å². The summed E-state index contributed by atoms with van der Waals surface area (Å²) in [5.41, 5.74) is 1.61. The first-order valence-electron chi connectivity index (χ1n) is 15.1. The van der Waals surface area contributed by atoms with Gasteiger partial charge in [-0.2, -0.15) is 0 Å². The van der Waals surface area contributed by atoms with E-state index in [1.807, 2.05) is 0 Å². The molecule has 2 saturated heterocycles. The zero-order valence-corrected chi connectivity index (χ0v) is 23.9. The van der Waals surface area contributed by atoms with Gasteiger partial charge in [-0.05, 0) is 56.3 Å². The van der Waals surface area contributed by atoms with E-state index in [2.05, 4.69) is 47.4 Å². The Bertz CT molecular complexity index is 1330. The number of anilines is 1. The monoisotopic (exact) mass is 556 g/mol. The second-order valence-corrected chi connectivity index (χ2v) is 12.5. The van der Waals surface area contributed by atoms with Gasteiger partial charge < -0.3 is 14.4 Å². The molecule has 3 aliphatic heterocycles. The Morgan fingerprint density at radius 3 is 2.63 bits per heavy atom. The lowest BCUT2D eigenvalue weighted by Gasteiger charge is -2.60. The molecule has 3 fully saturated rings. The third-order valence-electron chi connectivity index (χ3n) is 9.60. The molecule has 2 amide bonds. The fourth-order valence-corrected chi connectivity index (χ4v) is 7.81. The number of imide groups is 1. The molecule has 1 unspecified atom stereocenters. The van der Waals surface area contributed by atoms with Crippen molar-refractivity contribution in [2.75, 3.05) is 37.7 Å². The Morgan fingerprint density at radius 1 is 1.02 bits per heavy atom. The second-order valence-electron chi connectivity index (χ2n) is 12.5. The van der Waals surface area contributed by atoms with Crippen LogP contribution in [0.3, 0.4) is 0 Å². The van der Waals surface area contributed by atoms with Crippen molar-refractivity contribution in [1.82, 2.24) is 4.90 Å². The van der Waals surface area contributed by atoms with Crippen LogP contribution in [0.4, 0.5) is 5.69 Å². The van der Waals surface area contributed by atoms with Crippen molar-refractivity contribution in [2.24, 2.45) is 16.7 Å². The van der Waals surface area contributed by atoms with E-state index in [1.165, 1.54) is 5.56 Å². The number of allylic oxidation sites excluding steroid dienone is 1. The van der Waals surface area contributed by atoms with Crippen molar-refractivity contribution in [3.05, 3.63) is 77.9 Å². The smallest absolute Gasteiger partial charge is 0.340 e. The first kappa shape index (κ1) is 27.9. The Kier molecular flexibility index (Phi) is 7.84. The third kappa shape index (κ3) is 5.38. The molecular formula is C34H40N2O5. The molecule has 1 aliphatic carbocycles. The van der Waals surface area contributed by atoms with Crippen LogP contribution >= 0.6 is 0 Å². The van der Waals surface area contributed by atoms with Crippen LogP contribution in [0.2, 0.25) is 0 Å². The van der Waals surface area contributed by atoms with Crippen molar-refractivity contribution in [3.8, 4) is 0 Å². The summed E-state index contributed by atoms with van der Waals surface area (Å²) >= 11 is 0. The molecule has 3 heterocycles. The molecule has 0 N–H and O–H groups in total. The van der Waals surface area contributed by atoms with Gasteiger partial charge in [0, 0.05) is 36.3 Å². The zero-order chi connectivity index (χ0) is 28.5. The van der Waals surface area contributed by atoms with Crippen molar-refractivity contribution in [2.45, 2.75) is 58.0 Å². The lowest BCUT2D eigenvalue weighted by molar-refractivity contribution is -0.198. The Hall–Kier alpha value is -3.29. The lowest BCUT2D eigenvalue weighted by atomic mass is 9.55. The first-order valence-corrected chi connectivity index (χ1v) is 15.1. The van der Waals surface area contributed by atoms with E-state index in [1.54, 1.807) is 31.2 Å². The number of piperidine rings is 1. The number of para-hydroxylation sites is 1.